The highest BCUT2D eigenvalue weighted by Crippen LogP contribution is 2.27. The predicted octanol–water partition coefficient (Wildman–Crippen LogP) is 0.975. The number of amides is 1. The van der Waals surface area contributed by atoms with Crippen molar-refractivity contribution >= 4 is 5.91 Å². The van der Waals surface area contributed by atoms with Crippen LogP contribution >= 0.6 is 0 Å². The number of likely N-dealkylation sites (tertiary alicyclic amines) is 1. The summed E-state index contributed by atoms with van der Waals surface area (Å²) in [6, 6.07) is 2.01. The Morgan fingerprint density at radius 3 is 3.00 bits per heavy atom. The average molecular weight is 320 g/mol. The van der Waals surface area contributed by atoms with E-state index < -0.39 is 0 Å². The molecule has 1 aromatic heterocycles. The number of nitrogens with zero attached hydrogens (tertiary/aromatic N) is 2. The zero-order chi connectivity index (χ0) is 15.6. The second-order valence-electron chi connectivity index (χ2n) is 6.84. The van der Waals surface area contributed by atoms with Gasteiger partial charge in [0.2, 0.25) is 5.91 Å². The Kier molecular flexibility index (Phi) is 4.37. The number of hydrogen-bond donors (Lipinski definition) is 0. The van der Waals surface area contributed by atoms with E-state index in [0.29, 0.717) is 19.1 Å². The summed E-state index contributed by atoms with van der Waals surface area (Å²) in [6.45, 7) is 6.36. The van der Waals surface area contributed by atoms with Crippen LogP contribution in [0.25, 0.3) is 0 Å². The number of rotatable bonds is 3. The number of carbonyl (C=O) groups excluding carboxylic acids is 1. The van der Waals surface area contributed by atoms with Crippen LogP contribution in [0, 0.1) is 11.8 Å². The third kappa shape index (κ3) is 3.29. The van der Waals surface area contributed by atoms with Gasteiger partial charge >= 0.3 is 0 Å². The molecule has 3 aliphatic rings. The van der Waals surface area contributed by atoms with E-state index in [2.05, 4.69) is 4.90 Å². The first-order valence-electron chi connectivity index (χ1n) is 8.51. The maximum absolute atomic E-state index is 12.6. The zero-order valence-electron chi connectivity index (χ0n) is 13.4. The van der Waals surface area contributed by atoms with Crippen LogP contribution in [0.15, 0.2) is 23.0 Å². The molecule has 126 valence electrons. The minimum atomic E-state index is 0.0550. The summed E-state index contributed by atoms with van der Waals surface area (Å²) in [5.74, 6) is 0.704. The highest BCUT2D eigenvalue weighted by atomic mass is 16.5. The Labute approximate surface area is 136 Å². The van der Waals surface area contributed by atoms with Crippen molar-refractivity contribution in [2.75, 3.05) is 46.0 Å². The molecule has 0 radical (unpaired) electrons. The second kappa shape index (κ2) is 6.63. The minimum absolute atomic E-state index is 0.0550. The molecule has 0 N–H and O–H groups in total. The third-order valence-electron chi connectivity index (χ3n) is 5.19. The normalized spacial score (nSPS) is 32.0. The first-order chi connectivity index (χ1) is 11.3. The minimum Gasteiger partial charge on any atom is -0.472 e. The van der Waals surface area contributed by atoms with E-state index in [-0.39, 0.29) is 17.9 Å². The van der Waals surface area contributed by atoms with E-state index in [1.165, 1.54) is 5.56 Å². The number of carbonyl (C=O) groups is 1. The van der Waals surface area contributed by atoms with Crippen LogP contribution in [0.2, 0.25) is 0 Å². The van der Waals surface area contributed by atoms with Crippen molar-refractivity contribution in [1.82, 2.24) is 9.80 Å². The molecular formula is C17H24N2O4. The molecule has 3 fully saturated rings. The van der Waals surface area contributed by atoms with Gasteiger partial charge in [-0.25, -0.2) is 0 Å². The summed E-state index contributed by atoms with van der Waals surface area (Å²) in [4.78, 5) is 17.0. The van der Waals surface area contributed by atoms with E-state index in [1.54, 1.807) is 12.5 Å². The third-order valence-corrected chi connectivity index (χ3v) is 5.19. The first kappa shape index (κ1) is 15.2. The molecular weight excluding hydrogens is 296 g/mol. The lowest BCUT2D eigenvalue weighted by atomic mass is 10.1. The summed E-state index contributed by atoms with van der Waals surface area (Å²) in [5, 5.41) is 0. The van der Waals surface area contributed by atoms with Crippen LogP contribution in [0.1, 0.15) is 12.0 Å². The molecule has 6 nitrogen and oxygen atoms in total. The van der Waals surface area contributed by atoms with Crippen molar-refractivity contribution in [3.8, 4) is 0 Å². The molecule has 3 saturated heterocycles. The summed E-state index contributed by atoms with van der Waals surface area (Å²) in [7, 11) is 0. The topological polar surface area (TPSA) is 55.2 Å². The van der Waals surface area contributed by atoms with Crippen molar-refractivity contribution in [3.63, 3.8) is 0 Å². The van der Waals surface area contributed by atoms with Gasteiger partial charge in [0.15, 0.2) is 0 Å². The number of furan rings is 1. The molecule has 4 heterocycles. The van der Waals surface area contributed by atoms with Gasteiger partial charge in [-0.2, -0.15) is 0 Å². The maximum Gasteiger partial charge on any atom is 0.228 e. The fourth-order valence-electron chi connectivity index (χ4n) is 3.91. The van der Waals surface area contributed by atoms with Gasteiger partial charge in [0.05, 0.1) is 37.8 Å². The highest BCUT2D eigenvalue weighted by molar-refractivity contribution is 5.79. The van der Waals surface area contributed by atoms with Gasteiger partial charge in [-0.1, -0.05) is 0 Å². The SMILES string of the molecule is O=C(C1CCOC1)N1C[C@@H]2CN(Cc3ccoc3)CCO[C@@H]2C1. The van der Waals surface area contributed by atoms with Gasteiger partial charge in [-0.15, -0.1) is 0 Å². The lowest BCUT2D eigenvalue weighted by Gasteiger charge is -2.23. The van der Waals surface area contributed by atoms with Crippen molar-refractivity contribution in [3.05, 3.63) is 24.2 Å². The van der Waals surface area contributed by atoms with Crippen LogP contribution in [0.5, 0.6) is 0 Å². The molecule has 0 aromatic carbocycles. The molecule has 3 aliphatic heterocycles. The molecule has 0 bridgehead atoms. The van der Waals surface area contributed by atoms with Gasteiger partial charge in [-0.3, -0.25) is 9.69 Å². The van der Waals surface area contributed by atoms with Gasteiger partial charge in [0.1, 0.15) is 0 Å². The Bertz CT molecular complexity index is 527. The van der Waals surface area contributed by atoms with Crippen molar-refractivity contribution in [1.29, 1.82) is 0 Å². The van der Waals surface area contributed by atoms with E-state index in [9.17, 15) is 4.79 Å². The van der Waals surface area contributed by atoms with Crippen molar-refractivity contribution in [2.45, 2.75) is 19.1 Å². The van der Waals surface area contributed by atoms with Gasteiger partial charge in [0.25, 0.3) is 0 Å². The Morgan fingerprint density at radius 1 is 1.26 bits per heavy atom. The van der Waals surface area contributed by atoms with E-state index in [4.69, 9.17) is 13.9 Å². The van der Waals surface area contributed by atoms with Crippen LogP contribution in [-0.2, 0) is 20.8 Å². The predicted molar refractivity (Wildman–Crippen MR) is 82.7 cm³/mol. The van der Waals surface area contributed by atoms with Gasteiger partial charge in [0, 0.05) is 50.8 Å². The number of ether oxygens (including phenoxy) is 2. The summed E-state index contributed by atoms with van der Waals surface area (Å²) in [6.07, 6.45) is 4.55. The summed E-state index contributed by atoms with van der Waals surface area (Å²) in [5.41, 5.74) is 1.19. The summed E-state index contributed by atoms with van der Waals surface area (Å²) >= 11 is 0. The van der Waals surface area contributed by atoms with Crippen LogP contribution in [0.4, 0.5) is 0 Å². The lowest BCUT2D eigenvalue weighted by Crippen LogP contribution is -2.37. The molecule has 4 rings (SSSR count). The second-order valence-corrected chi connectivity index (χ2v) is 6.84. The molecule has 0 aliphatic carbocycles. The largest absolute Gasteiger partial charge is 0.472 e. The Hall–Kier alpha value is -1.37. The quantitative estimate of drug-likeness (QED) is 0.831. The Morgan fingerprint density at radius 2 is 2.22 bits per heavy atom. The number of hydrogen-bond acceptors (Lipinski definition) is 5. The fraction of sp³-hybridized carbons (Fsp3) is 0.706. The standard InChI is InChI=1S/C17H24N2O4/c20-17(14-2-5-22-12-14)19-9-15-8-18(3-6-23-16(15)10-19)7-13-1-4-21-11-13/h1,4,11,14-16H,2-3,5-10,12H2/t14?,15-,16+/m0/s1. The molecule has 1 unspecified atom stereocenters. The molecule has 3 atom stereocenters. The molecule has 1 aromatic rings. The Balaban J connectivity index is 1.37. The molecule has 0 spiro atoms. The molecule has 0 saturated carbocycles. The van der Waals surface area contributed by atoms with Gasteiger partial charge in [-0.05, 0) is 12.5 Å². The van der Waals surface area contributed by atoms with Crippen LogP contribution < -0.4 is 0 Å². The molecule has 1 amide bonds. The average Bonchev–Trinajstić information content (AvgIpc) is 3.28. The maximum atomic E-state index is 12.6. The zero-order valence-corrected chi connectivity index (χ0v) is 13.4. The summed E-state index contributed by atoms with van der Waals surface area (Å²) < 4.78 is 16.5. The number of fused-ring (bicyclic) bond motifs is 1. The smallest absolute Gasteiger partial charge is 0.228 e. The van der Waals surface area contributed by atoms with E-state index >= 15 is 0 Å². The van der Waals surface area contributed by atoms with E-state index in [1.807, 2.05) is 11.0 Å². The van der Waals surface area contributed by atoms with Crippen LogP contribution in [0.3, 0.4) is 0 Å². The monoisotopic (exact) mass is 320 g/mol. The molecule has 23 heavy (non-hydrogen) atoms. The van der Waals surface area contributed by atoms with E-state index in [0.717, 1.165) is 45.8 Å². The highest BCUT2D eigenvalue weighted by Gasteiger charge is 2.40. The van der Waals surface area contributed by atoms with Gasteiger partial charge < -0.3 is 18.8 Å². The molecule has 6 heteroatoms. The van der Waals surface area contributed by atoms with Crippen LogP contribution in [-0.4, -0.2) is 67.8 Å². The lowest BCUT2D eigenvalue weighted by molar-refractivity contribution is -0.135. The first-order valence-corrected chi connectivity index (χ1v) is 8.51. The van der Waals surface area contributed by atoms with Crippen molar-refractivity contribution in [2.24, 2.45) is 11.8 Å². The fourth-order valence-corrected chi connectivity index (χ4v) is 3.91. The van der Waals surface area contributed by atoms with Crippen molar-refractivity contribution < 1.29 is 18.7 Å².